The number of carbonyl (C=O) groups is 2. The minimum atomic E-state index is -0.499. The highest BCUT2D eigenvalue weighted by Gasteiger charge is 2.24. The van der Waals surface area contributed by atoms with Crippen LogP contribution < -0.4 is 5.32 Å². The lowest BCUT2D eigenvalue weighted by atomic mass is 9.95. The first-order valence-electron chi connectivity index (χ1n) is 10.1. The standard InChI is InChI=1S/C23H30N2O6/c1-23(2,3)14-25(22(31)16-9-7-11-18(27)20(16)29)13-5-4-12-24-21(30)15-8-6-10-17(26)19(15)28/h6-11,26-29H,4-5,12-14H2,1-3H3,(H,24,30). The summed E-state index contributed by atoms with van der Waals surface area (Å²) in [6.07, 6.45) is 1.17. The number of phenolic OH excluding ortho intramolecular Hbond substituents is 4. The molecule has 8 heteroatoms. The van der Waals surface area contributed by atoms with Gasteiger partial charge in [-0.2, -0.15) is 0 Å². The number of phenols is 4. The van der Waals surface area contributed by atoms with Gasteiger partial charge in [0.15, 0.2) is 23.0 Å². The summed E-state index contributed by atoms with van der Waals surface area (Å²) in [5.74, 6) is -2.49. The second-order valence-electron chi connectivity index (χ2n) is 8.60. The summed E-state index contributed by atoms with van der Waals surface area (Å²) in [5, 5.41) is 41.7. The Hall–Kier alpha value is -3.42. The van der Waals surface area contributed by atoms with Crippen LogP contribution >= 0.6 is 0 Å². The number of nitrogens with zero attached hydrogens (tertiary/aromatic N) is 1. The predicted octanol–water partition coefficient (Wildman–Crippen LogP) is 3.21. The molecule has 168 valence electrons. The number of aromatic hydroxyl groups is 4. The number of amides is 2. The molecule has 0 radical (unpaired) electrons. The Morgan fingerprint density at radius 2 is 1.42 bits per heavy atom. The van der Waals surface area contributed by atoms with Gasteiger partial charge in [-0.1, -0.05) is 32.9 Å². The molecular formula is C23H30N2O6. The quantitative estimate of drug-likeness (QED) is 0.323. The zero-order valence-corrected chi connectivity index (χ0v) is 18.1. The van der Waals surface area contributed by atoms with E-state index in [0.29, 0.717) is 32.5 Å². The molecule has 2 rings (SSSR count). The minimum Gasteiger partial charge on any atom is -0.504 e. The van der Waals surface area contributed by atoms with Crippen molar-refractivity contribution in [2.24, 2.45) is 5.41 Å². The second-order valence-corrected chi connectivity index (χ2v) is 8.60. The fraction of sp³-hybridized carbons (Fsp3) is 0.391. The van der Waals surface area contributed by atoms with E-state index in [1.807, 2.05) is 20.8 Å². The Balaban J connectivity index is 1.95. The van der Waals surface area contributed by atoms with Crippen LogP contribution in [0.3, 0.4) is 0 Å². The molecule has 0 aliphatic heterocycles. The molecule has 0 unspecified atom stereocenters. The van der Waals surface area contributed by atoms with Gasteiger partial charge in [0.1, 0.15) is 0 Å². The zero-order chi connectivity index (χ0) is 23.2. The number of para-hydroxylation sites is 2. The first kappa shape index (κ1) is 23.9. The molecule has 2 aromatic rings. The summed E-state index contributed by atoms with van der Waals surface area (Å²) in [5.41, 5.74) is -0.149. The maximum Gasteiger partial charge on any atom is 0.257 e. The van der Waals surface area contributed by atoms with Crippen LogP contribution in [0.15, 0.2) is 36.4 Å². The van der Waals surface area contributed by atoms with Crippen LogP contribution in [0, 0.1) is 5.41 Å². The summed E-state index contributed by atoms with van der Waals surface area (Å²) < 4.78 is 0. The van der Waals surface area contributed by atoms with Crippen molar-refractivity contribution in [3.05, 3.63) is 47.5 Å². The van der Waals surface area contributed by atoms with Gasteiger partial charge in [-0.05, 0) is 42.5 Å². The Labute approximate surface area is 181 Å². The number of benzene rings is 2. The van der Waals surface area contributed by atoms with Crippen molar-refractivity contribution in [2.45, 2.75) is 33.6 Å². The van der Waals surface area contributed by atoms with Crippen LogP contribution in [0.4, 0.5) is 0 Å². The smallest absolute Gasteiger partial charge is 0.257 e. The molecule has 0 atom stereocenters. The average molecular weight is 431 g/mol. The third-order valence-electron chi connectivity index (χ3n) is 4.60. The Morgan fingerprint density at radius 3 is 2.00 bits per heavy atom. The Morgan fingerprint density at radius 1 is 0.871 bits per heavy atom. The highest BCUT2D eigenvalue weighted by molar-refractivity contribution is 5.98. The summed E-state index contributed by atoms with van der Waals surface area (Å²) in [6, 6.07) is 8.45. The van der Waals surface area contributed by atoms with E-state index in [2.05, 4.69) is 5.32 Å². The van der Waals surface area contributed by atoms with Crippen LogP contribution in [-0.4, -0.2) is 56.8 Å². The number of hydrogen-bond donors (Lipinski definition) is 5. The first-order valence-corrected chi connectivity index (χ1v) is 10.1. The third-order valence-corrected chi connectivity index (χ3v) is 4.60. The third kappa shape index (κ3) is 6.53. The van der Waals surface area contributed by atoms with Gasteiger partial charge in [0.05, 0.1) is 11.1 Å². The lowest BCUT2D eigenvalue weighted by molar-refractivity contribution is 0.0687. The fourth-order valence-electron chi connectivity index (χ4n) is 3.14. The maximum atomic E-state index is 13.0. The van der Waals surface area contributed by atoms with E-state index < -0.39 is 17.4 Å². The largest absolute Gasteiger partial charge is 0.504 e. The number of rotatable bonds is 8. The van der Waals surface area contributed by atoms with Crippen LogP contribution in [0.2, 0.25) is 0 Å². The van der Waals surface area contributed by atoms with Crippen molar-refractivity contribution in [3.8, 4) is 23.0 Å². The van der Waals surface area contributed by atoms with Crippen molar-refractivity contribution in [1.29, 1.82) is 0 Å². The van der Waals surface area contributed by atoms with Crippen molar-refractivity contribution < 1.29 is 30.0 Å². The SMILES string of the molecule is CC(C)(C)CN(CCCCNC(=O)c1cccc(O)c1O)C(=O)c1cccc(O)c1O. The van der Waals surface area contributed by atoms with Gasteiger partial charge in [0, 0.05) is 19.6 Å². The molecule has 0 bridgehead atoms. The van der Waals surface area contributed by atoms with Gasteiger partial charge < -0.3 is 30.6 Å². The van der Waals surface area contributed by atoms with Gasteiger partial charge in [-0.15, -0.1) is 0 Å². The average Bonchev–Trinajstić information content (AvgIpc) is 2.69. The van der Waals surface area contributed by atoms with Gasteiger partial charge in [-0.3, -0.25) is 9.59 Å². The molecule has 0 spiro atoms. The summed E-state index contributed by atoms with van der Waals surface area (Å²) in [4.78, 5) is 26.7. The van der Waals surface area contributed by atoms with Crippen molar-refractivity contribution in [3.63, 3.8) is 0 Å². The molecule has 31 heavy (non-hydrogen) atoms. The summed E-state index contributed by atoms with van der Waals surface area (Å²) in [7, 11) is 0. The van der Waals surface area contributed by atoms with Crippen molar-refractivity contribution in [1.82, 2.24) is 10.2 Å². The monoisotopic (exact) mass is 430 g/mol. The minimum absolute atomic E-state index is 0.0103. The molecule has 2 aromatic carbocycles. The molecule has 0 fully saturated rings. The highest BCUT2D eigenvalue weighted by atomic mass is 16.3. The molecule has 0 aliphatic rings. The number of carbonyl (C=O) groups excluding carboxylic acids is 2. The first-order chi connectivity index (χ1) is 14.5. The summed E-state index contributed by atoms with van der Waals surface area (Å²) in [6.45, 7) is 7.17. The van der Waals surface area contributed by atoms with Gasteiger partial charge in [0.2, 0.25) is 0 Å². The molecule has 5 N–H and O–H groups in total. The van der Waals surface area contributed by atoms with E-state index in [0.717, 1.165) is 0 Å². The molecule has 8 nitrogen and oxygen atoms in total. The molecule has 0 aliphatic carbocycles. The van der Waals surface area contributed by atoms with Gasteiger partial charge in [0.25, 0.3) is 11.8 Å². The molecule has 0 saturated carbocycles. The number of nitrogens with one attached hydrogen (secondary N) is 1. The maximum absolute atomic E-state index is 13.0. The number of unbranched alkanes of at least 4 members (excludes halogenated alkanes) is 1. The molecule has 0 heterocycles. The van der Waals surface area contributed by atoms with Gasteiger partial charge >= 0.3 is 0 Å². The zero-order valence-electron chi connectivity index (χ0n) is 18.1. The Kier molecular flexibility index (Phi) is 7.74. The predicted molar refractivity (Wildman–Crippen MR) is 116 cm³/mol. The number of hydrogen-bond acceptors (Lipinski definition) is 6. The molecule has 0 aromatic heterocycles. The highest BCUT2D eigenvalue weighted by Crippen LogP contribution is 2.30. The molecular weight excluding hydrogens is 400 g/mol. The van der Waals surface area contributed by atoms with Crippen LogP contribution in [0.25, 0.3) is 0 Å². The van der Waals surface area contributed by atoms with E-state index >= 15 is 0 Å². The van der Waals surface area contributed by atoms with Crippen LogP contribution in [-0.2, 0) is 0 Å². The van der Waals surface area contributed by atoms with Crippen molar-refractivity contribution in [2.75, 3.05) is 19.6 Å². The van der Waals surface area contributed by atoms with E-state index in [1.54, 1.807) is 4.90 Å². The van der Waals surface area contributed by atoms with Crippen molar-refractivity contribution >= 4 is 11.8 Å². The lowest BCUT2D eigenvalue weighted by Gasteiger charge is -2.30. The van der Waals surface area contributed by atoms with E-state index in [-0.39, 0.29) is 33.9 Å². The normalized spacial score (nSPS) is 11.2. The van der Waals surface area contributed by atoms with Crippen LogP contribution in [0.1, 0.15) is 54.3 Å². The van der Waals surface area contributed by atoms with E-state index in [9.17, 15) is 30.0 Å². The van der Waals surface area contributed by atoms with E-state index in [4.69, 9.17) is 0 Å². The van der Waals surface area contributed by atoms with Crippen LogP contribution in [0.5, 0.6) is 23.0 Å². The Bertz CT molecular complexity index is 936. The fourth-order valence-corrected chi connectivity index (χ4v) is 3.14. The van der Waals surface area contributed by atoms with Gasteiger partial charge in [-0.25, -0.2) is 0 Å². The summed E-state index contributed by atoms with van der Waals surface area (Å²) >= 11 is 0. The second kappa shape index (κ2) is 10.1. The molecule has 0 saturated heterocycles. The lowest BCUT2D eigenvalue weighted by Crippen LogP contribution is -2.38. The topological polar surface area (TPSA) is 130 Å². The molecule has 2 amide bonds. The van der Waals surface area contributed by atoms with E-state index in [1.165, 1.54) is 36.4 Å².